The Morgan fingerprint density at radius 1 is 1.12 bits per heavy atom. The molecular weight excluding hydrogens is 316 g/mol. The summed E-state index contributed by atoms with van der Waals surface area (Å²) in [5.41, 5.74) is 2.48. The quantitative estimate of drug-likeness (QED) is 0.891. The molecule has 1 aliphatic heterocycles. The number of anilines is 1. The van der Waals surface area contributed by atoms with Crippen molar-refractivity contribution in [2.45, 2.75) is 32.5 Å². The van der Waals surface area contributed by atoms with Crippen LogP contribution in [0.3, 0.4) is 0 Å². The van der Waals surface area contributed by atoms with Gasteiger partial charge in [0.25, 0.3) is 5.91 Å². The lowest BCUT2D eigenvalue weighted by Crippen LogP contribution is -2.47. The molecule has 5 nitrogen and oxygen atoms in total. The fraction of sp³-hybridized carbons (Fsp3) is 0.350. The van der Waals surface area contributed by atoms with Crippen LogP contribution in [0.15, 0.2) is 42.5 Å². The van der Waals surface area contributed by atoms with Crippen LogP contribution in [-0.2, 0) is 0 Å². The summed E-state index contributed by atoms with van der Waals surface area (Å²) in [6, 6.07) is 13.4. The Morgan fingerprint density at radius 2 is 1.76 bits per heavy atom. The van der Waals surface area contributed by atoms with Crippen molar-refractivity contribution in [3.63, 3.8) is 0 Å². The maximum atomic E-state index is 13.1. The standard InChI is InChI=1S/C20H24N2O3/c1-5-13(2)22-19(14-10-15(24-3)12-16(11-14)25-4)21-18-9-7-6-8-17(18)20(22)23/h6-13,19,21H,5H2,1-4H3/t13-,19+/m0/s1. The normalized spacial score (nSPS) is 17.5. The molecular formula is C20H24N2O3. The largest absolute Gasteiger partial charge is 0.497 e. The second-order valence-corrected chi connectivity index (χ2v) is 6.21. The Bertz CT molecular complexity index is 753. The third kappa shape index (κ3) is 3.14. The SMILES string of the molecule is CC[C@H](C)N1C(=O)c2ccccc2N[C@H]1c1cc(OC)cc(OC)c1. The summed E-state index contributed by atoms with van der Waals surface area (Å²) in [4.78, 5) is 15.0. The summed E-state index contributed by atoms with van der Waals surface area (Å²) in [5, 5.41) is 3.51. The summed E-state index contributed by atoms with van der Waals surface area (Å²) < 4.78 is 10.8. The van der Waals surface area contributed by atoms with Crippen molar-refractivity contribution in [3.8, 4) is 11.5 Å². The first-order valence-electron chi connectivity index (χ1n) is 8.50. The summed E-state index contributed by atoms with van der Waals surface area (Å²) in [7, 11) is 3.25. The molecule has 2 aromatic carbocycles. The van der Waals surface area contributed by atoms with E-state index >= 15 is 0 Å². The van der Waals surface area contributed by atoms with Gasteiger partial charge in [-0.15, -0.1) is 0 Å². The van der Waals surface area contributed by atoms with Gasteiger partial charge >= 0.3 is 0 Å². The number of hydrogen-bond donors (Lipinski definition) is 1. The van der Waals surface area contributed by atoms with Gasteiger partial charge in [-0.05, 0) is 37.6 Å². The first-order valence-corrected chi connectivity index (χ1v) is 8.50. The maximum Gasteiger partial charge on any atom is 0.258 e. The van der Waals surface area contributed by atoms with Gasteiger partial charge in [0.05, 0.1) is 19.8 Å². The Morgan fingerprint density at radius 3 is 2.36 bits per heavy atom. The monoisotopic (exact) mass is 340 g/mol. The van der Waals surface area contributed by atoms with Gasteiger partial charge in [-0.1, -0.05) is 19.1 Å². The minimum absolute atomic E-state index is 0.0375. The first kappa shape index (κ1) is 17.1. The van der Waals surface area contributed by atoms with Gasteiger partial charge in [0.2, 0.25) is 0 Å². The highest BCUT2D eigenvalue weighted by molar-refractivity contribution is 6.01. The van der Waals surface area contributed by atoms with Crippen LogP contribution in [-0.4, -0.2) is 31.1 Å². The third-order valence-electron chi connectivity index (χ3n) is 4.72. The molecule has 132 valence electrons. The molecule has 1 N–H and O–H groups in total. The molecule has 0 aliphatic carbocycles. The van der Waals surface area contributed by atoms with Gasteiger partial charge in [-0.2, -0.15) is 0 Å². The third-order valence-corrected chi connectivity index (χ3v) is 4.72. The van der Waals surface area contributed by atoms with Gasteiger partial charge in [0.1, 0.15) is 17.7 Å². The number of benzene rings is 2. The van der Waals surface area contributed by atoms with Crippen molar-refractivity contribution in [2.75, 3.05) is 19.5 Å². The minimum atomic E-state index is -0.277. The van der Waals surface area contributed by atoms with Crippen LogP contribution in [0.1, 0.15) is 42.4 Å². The second kappa shape index (κ2) is 7.05. The van der Waals surface area contributed by atoms with Crippen LogP contribution in [0.25, 0.3) is 0 Å². The van der Waals surface area contributed by atoms with E-state index in [-0.39, 0.29) is 18.1 Å². The van der Waals surface area contributed by atoms with Crippen LogP contribution in [0, 0.1) is 0 Å². The fourth-order valence-corrected chi connectivity index (χ4v) is 3.15. The molecule has 1 aliphatic rings. The van der Waals surface area contributed by atoms with E-state index < -0.39 is 0 Å². The highest BCUT2D eigenvalue weighted by atomic mass is 16.5. The number of methoxy groups -OCH3 is 2. The zero-order valence-electron chi connectivity index (χ0n) is 15.1. The molecule has 0 spiro atoms. The molecule has 1 amide bonds. The van der Waals surface area contributed by atoms with Gasteiger partial charge in [-0.25, -0.2) is 0 Å². The zero-order valence-corrected chi connectivity index (χ0v) is 15.1. The van der Waals surface area contributed by atoms with Gasteiger partial charge in [0.15, 0.2) is 0 Å². The van der Waals surface area contributed by atoms with Crippen LogP contribution < -0.4 is 14.8 Å². The van der Waals surface area contributed by atoms with E-state index in [1.54, 1.807) is 14.2 Å². The molecule has 0 unspecified atom stereocenters. The Balaban J connectivity index is 2.11. The number of ether oxygens (including phenoxy) is 2. The smallest absolute Gasteiger partial charge is 0.258 e. The fourth-order valence-electron chi connectivity index (χ4n) is 3.15. The van der Waals surface area contributed by atoms with Crippen LogP contribution in [0.2, 0.25) is 0 Å². The van der Waals surface area contributed by atoms with Crippen molar-refractivity contribution in [1.82, 2.24) is 4.90 Å². The second-order valence-electron chi connectivity index (χ2n) is 6.21. The number of fused-ring (bicyclic) bond motifs is 1. The average molecular weight is 340 g/mol. The van der Waals surface area contributed by atoms with Gasteiger partial charge < -0.3 is 19.7 Å². The Labute approximate surface area is 148 Å². The zero-order chi connectivity index (χ0) is 18.0. The van der Waals surface area contributed by atoms with E-state index in [0.29, 0.717) is 17.1 Å². The van der Waals surface area contributed by atoms with E-state index in [1.807, 2.05) is 47.4 Å². The van der Waals surface area contributed by atoms with Crippen molar-refractivity contribution in [3.05, 3.63) is 53.6 Å². The predicted molar refractivity (Wildman–Crippen MR) is 98.3 cm³/mol. The molecule has 5 heteroatoms. The molecule has 0 bridgehead atoms. The molecule has 0 saturated heterocycles. The Kier molecular flexibility index (Phi) is 4.83. The molecule has 0 saturated carbocycles. The number of nitrogens with one attached hydrogen (secondary N) is 1. The molecule has 0 fully saturated rings. The molecule has 0 aromatic heterocycles. The van der Waals surface area contributed by atoms with Crippen LogP contribution in [0.4, 0.5) is 5.69 Å². The van der Waals surface area contributed by atoms with Crippen molar-refractivity contribution in [1.29, 1.82) is 0 Å². The van der Waals surface area contributed by atoms with E-state index in [9.17, 15) is 4.79 Å². The lowest BCUT2D eigenvalue weighted by molar-refractivity contribution is 0.0593. The van der Waals surface area contributed by atoms with E-state index in [1.165, 1.54) is 0 Å². The number of rotatable bonds is 5. The summed E-state index contributed by atoms with van der Waals surface area (Å²) in [5.74, 6) is 1.44. The molecule has 25 heavy (non-hydrogen) atoms. The summed E-state index contributed by atoms with van der Waals surface area (Å²) >= 11 is 0. The number of nitrogens with zero attached hydrogens (tertiary/aromatic N) is 1. The average Bonchev–Trinajstić information content (AvgIpc) is 2.66. The number of carbonyl (C=O) groups excluding carboxylic acids is 1. The maximum absolute atomic E-state index is 13.1. The van der Waals surface area contributed by atoms with E-state index in [4.69, 9.17) is 9.47 Å². The topological polar surface area (TPSA) is 50.8 Å². The molecule has 2 atom stereocenters. The van der Waals surface area contributed by atoms with Gasteiger partial charge in [0, 0.05) is 23.4 Å². The number of carbonyl (C=O) groups is 1. The van der Waals surface area contributed by atoms with Crippen molar-refractivity contribution < 1.29 is 14.3 Å². The lowest BCUT2D eigenvalue weighted by Gasteiger charge is -2.41. The van der Waals surface area contributed by atoms with Crippen molar-refractivity contribution >= 4 is 11.6 Å². The van der Waals surface area contributed by atoms with E-state index in [2.05, 4.69) is 19.2 Å². The van der Waals surface area contributed by atoms with Gasteiger partial charge in [-0.3, -0.25) is 4.79 Å². The number of para-hydroxylation sites is 1. The lowest BCUT2D eigenvalue weighted by atomic mass is 10.0. The summed E-state index contributed by atoms with van der Waals surface area (Å²) in [6.07, 6.45) is 0.592. The molecule has 0 radical (unpaired) electrons. The molecule has 1 heterocycles. The first-order chi connectivity index (χ1) is 12.1. The van der Waals surface area contributed by atoms with Crippen LogP contribution in [0.5, 0.6) is 11.5 Å². The molecule has 3 rings (SSSR count). The molecule has 2 aromatic rings. The number of hydrogen-bond acceptors (Lipinski definition) is 4. The minimum Gasteiger partial charge on any atom is -0.497 e. The highest BCUT2D eigenvalue weighted by Gasteiger charge is 2.35. The summed E-state index contributed by atoms with van der Waals surface area (Å²) in [6.45, 7) is 4.15. The van der Waals surface area contributed by atoms with Crippen LogP contribution >= 0.6 is 0 Å². The Hall–Kier alpha value is -2.69. The number of amides is 1. The highest BCUT2D eigenvalue weighted by Crippen LogP contribution is 2.37. The van der Waals surface area contributed by atoms with E-state index in [0.717, 1.165) is 17.7 Å². The predicted octanol–water partition coefficient (Wildman–Crippen LogP) is 4.07. The van der Waals surface area contributed by atoms with Crippen molar-refractivity contribution in [2.24, 2.45) is 0 Å².